The fourth-order valence-corrected chi connectivity index (χ4v) is 2.46. The number of halogens is 1. The summed E-state index contributed by atoms with van der Waals surface area (Å²) in [7, 11) is 0. The molecule has 22 heavy (non-hydrogen) atoms. The molecule has 2 aromatic carbocycles. The van der Waals surface area contributed by atoms with Gasteiger partial charge in [-0.25, -0.2) is 0 Å². The summed E-state index contributed by atoms with van der Waals surface area (Å²) < 4.78 is 5.90. The summed E-state index contributed by atoms with van der Waals surface area (Å²) >= 11 is 5.43. The summed E-state index contributed by atoms with van der Waals surface area (Å²) in [4.78, 5) is 11.0. The van der Waals surface area contributed by atoms with Crippen LogP contribution < -0.4 is 4.74 Å². The second-order valence-corrected chi connectivity index (χ2v) is 6.24. The Morgan fingerprint density at radius 1 is 1.00 bits per heavy atom. The van der Waals surface area contributed by atoms with Crippen molar-refractivity contribution in [2.75, 3.05) is 0 Å². The van der Waals surface area contributed by atoms with Crippen molar-refractivity contribution in [3.8, 4) is 5.75 Å². The van der Waals surface area contributed by atoms with Crippen LogP contribution in [0.25, 0.3) is 0 Å². The van der Waals surface area contributed by atoms with Gasteiger partial charge in [-0.1, -0.05) is 38.1 Å². The van der Waals surface area contributed by atoms with E-state index in [4.69, 9.17) is 16.3 Å². The maximum Gasteiger partial charge on any atom is 0.252 e. The van der Waals surface area contributed by atoms with Crippen molar-refractivity contribution in [1.82, 2.24) is 0 Å². The van der Waals surface area contributed by atoms with E-state index >= 15 is 0 Å². The van der Waals surface area contributed by atoms with Gasteiger partial charge >= 0.3 is 0 Å². The minimum absolute atomic E-state index is 0.0503. The molecule has 116 valence electrons. The normalized spacial score (nSPS) is 12.2. The molecule has 0 heterocycles. The highest BCUT2D eigenvalue weighted by Crippen LogP contribution is 2.23. The quantitative estimate of drug-likeness (QED) is 0.666. The topological polar surface area (TPSA) is 26.3 Å². The third kappa shape index (κ3) is 4.60. The van der Waals surface area contributed by atoms with E-state index in [0.29, 0.717) is 11.5 Å². The van der Waals surface area contributed by atoms with Gasteiger partial charge in [0.1, 0.15) is 11.9 Å². The third-order valence-corrected chi connectivity index (χ3v) is 3.71. The van der Waals surface area contributed by atoms with Gasteiger partial charge in [0.15, 0.2) is 0 Å². The highest BCUT2D eigenvalue weighted by Gasteiger charge is 2.09. The first-order valence-corrected chi connectivity index (χ1v) is 7.89. The van der Waals surface area contributed by atoms with E-state index < -0.39 is 5.24 Å². The molecule has 1 atom stereocenters. The number of ether oxygens (including phenoxy) is 1. The molecule has 2 aromatic rings. The van der Waals surface area contributed by atoms with Crippen LogP contribution in [0.15, 0.2) is 48.5 Å². The monoisotopic (exact) mass is 316 g/mol. The molecule has 2 nitrogen and oxygen atoms in total. The average Bonchev–Trinajstić information content (AvgIpc) is 2.48. The van der Waals surface area contributed by atoms with Gasteiger partial charge in [0, 0.05) is 5.56 Å². The first-order chi connectivity index (χ1) is 10.5. The van der Waals surface area contributed by atoms with E-state index in [-0.39, 0.29) is 6.10 Å². The van der Waals surface area contributed by atoms with Crippen molar-refractivity contribution in [3.63, 3.8) is 0 Å². The lowest BCUT2D eigenvalue weighted by Gasteiger charge is -2.16. The minimum atomic E-state index is -0.458. The van der Waals surface area contributed by atoms with E-state index in [0.717, 1.165) is 17.7 Å². The summed E-state index contributed by atoms with van der Waals surface area (Å²) in [6.07, 6.45) is 1.04. The molecule has 0 aliphatic carbocycles. The minimum Gasteiger partial charge on any atom is -0.486 e. The van der Waals surface area contributed by atoms with Gasteiger partial charge in [-0.3, -0.25) is 4.79 Å². The molecule has 0 bridgehead atoms. The van der Waals surface area contributed by atoms with E-state index in [1.807, 2.05) is 6.92 Å². The van der Waals surface area contributed by atoms with Crippen LogP contribution in [0.3, 0.4) is 0 Å². The van der Waals surface area contributed by atoms with Crippen LogP contribution in [0, 0.1) is 5.92 Å². The Balaban J connectivity index is 2.02. The lowest BCUT2D eigenvalue weighted by molar-refractivity contribution is 0.108. The van der Waals surface area contributed by atoms with Crippen molar-refractivity contribution in [3.05, 3.63) is 65.2 Å². The van der Waals surface area contributed by atoms with E-state index in [1.165, 1.54) is 5.56 Å². The standard InChI is InChI=1S/C19H21ClO2/c1-13(2)12-15-4-6-16(7-5-15)14(3)22-18-10-8-17(9-11-18)19(20)21/h4-11,13-14H,12H2,1-3H3/t14-/m0/s1. The molecule has 0 aliphatic rings. The van der Waals surface area contributed by atoms with Crippen molar-refractivity contribution >= 4 is 16.8 Å². The first-order valence-electron chi connectivity index (χ1n) is 7.51. The molecule has 0 N–H and O–H groups in total. The van der Waals surface area contributed by atoms with Gasteiger partial charge in [0.25, 0.3) is 5.24 Å². The van der Waals surface area contributed by atoms with Crippen LogP contribution >= 0.6 is 11.6 Å². The smallest absolute Gasteiger partial charge is 0.252 e. The van der Waals surface area contributed by atoms with Crippen LogP contribution in [-0.2, 0) is 6.42 Å². The summed E-state index contributed by atoms with van der Waals surface area (Å²) in [6.45, 7) is 6.45. The van der Waals surface area contributed by atoms with Crippen LogP contribution in [0.4, 0.5) is 0 Å². The van der Waals surface area contributed by atoms with Crippen LogP contribution in [-0.4, -0.2) is 5.24 Å². The molecule has 0 amide bonds. The molecule has 0 unspecified atom stereocenters. The predicted octanol–water partition coefficient (Wildman–Crippen LogP) is 5.40. The van der Waals surface area contributed by atoms with Crippen molar-refractivity contribution in [2.45, 2.75) is 33.3 Å². The maximum absolute atomic E-state index is 11.0. The molecule has 0 aromatic heterocycles. The molecular formula is C19H21ClO2. The van der Waals surface area contributed by atoms with Gasteiger partial charge in [-0.15, -0.1) is 0 Å². The number of rotatable bonds is 6. The van der Waals surface area contributed by atoms with Crippen molar-refractivity contribution < 1.29 is 9.53 Å². The van der Waals surface area contributed by atoms with Gasteiger partial charge in [-0.05, 0) is 66.3 Å². The Hall–Kier alpha value is -1.80. The third-order valence-electron chi connectivity index (χ3n) is 3.49. The largest absolute Gasteiger partial charge is 0.486 e. The fraction of sp³-hybridized carbons (Fsp3) is 0.316. The van der Waals surface area contributed by atoms with Crippen LogP contribution in [0.1, 0.15) is 48.4 Å². The Kier molecular flexibility index (Phi) is 5.62. The van der Waals surface area contributed by atoms with Gasteiger partial charge < -0.3 is 4.74 Å². The molecule has 0 fully saturated rings. The van der Waals surface area contributed by atoms with Crippen LogP contribution in [0.2, 0.25) is 0 Å². The Labute approximate surface area is 137 Å². The lowest BCUT2D eigenvalue weighted by Crippen LogP contribution is -2.04. The fourth-order valence-electron chi connectivity index (χ4n) is 2.33. The second kappa shape index (κ2) is 7.46. The number of hydrogen-bond donors (Lipinski definition) is 0. The summed E-state index contributed by atoms with van der Waals surface area (Å²) in [5.41, 5.74) is 2.95. The zero-order valence-electron chi connectivity index (χ0n) is 13.2. The summed E-state index contributed by atoms with van der Waals surface area (Å²) in [5, 5.41) is -0.458. The van der Waals surface area contributed by atoms with Crippen molar-refractivity contribution in [2.24, 2.45) is 5.92 Å². The SMILES string of the molecule is CC(C)Cc1ccc([C@H](C)Oc2ccc(C(=O)Cl)cc2)cc1. The van der Waals surface area contributed by atoms with E-state index in [9.17, 15) is 4.79 Å². The number of hydrogen-bond acceptors (Lipinski definition) is 2. The molecule has 0 radical (unpaired) electrons. The molecule has 0 saturated heterocycles. The Bertz CT molecular complexity index is 615. The molecule has 0 spiro atoms. The van der Waals surface area contributed by atoms with Gasteiger partial charge in [-0.2, -0.15) is 0 Å². The zero-order valence-corrected chi connectivity index (χ0v) is 13.9. The molecular weight excluding hydrogens is 296 g/mol. The second-order valence-electron chi connectivity index (χ2n) is 5.90. The van der Waals surface area contributed by atoms with Gasteiger partial charge in [0.2, 0.25) is 0 Å². The predicted molar refractivity (Wildman–Crippen MR) is 90.7 cm³/mol. The molecule has 3 heteroatoms. The molecule has 0 saturated carbocycles. The first kappa shape index (κ1) is 16.6. The zero-order chi connectivity index (χ0) is 16.1. The summed E-state index contributed by atoms with van der Waals surface area (Å²) in [6, 6.07) is 15.4. The maximum atomic E-state index is 11.0. The van der Waals surface area contributed by atoms with Crippen LogP contribution in [0.5, 0.6) is 5.75 Å². The lowest BCUT2D eigenvalue weighted by atomic mass is 10.0. The summed E-state index contributed by atoms with van der Waals surface area (Å²) in [5.74, 6) is 1.38. The molecule has 2 rings (SSSR count). The Morgan fingerprint density at radius 2 is 1.59 bits per heavy atom. The number of carbonyl (C=O) groups is 1. The highest BCUT2D eigenvalue weighted by atomic mass is 35.5. The number of benzene rings is 2. The Morgan fingerprint density at radius 3 is 2.09 bits per heavy atom. The van der Waals surface area contributed by atoms with E-state index in [2.05, 4.69) is 38.1 Å². The highest BCUT2D eigenvalue weighted by molar-refractivity contribution is 6.67. The van der Waals surface area contributed by atoms with E-state index in [1.54, 1.807) is 24.3 Å². The number of carbonyl (C=O) groups excluding carboxylic acids is 1. The van der Waals surface area contributed by atoms with Crippen molar-refractivity contribution in [1.29, 1.82) is 0 Å². The average molecular weight is 317 g/mol. The molecule has 0 aliphatic heterocycles. The van der Waals surface area contributed by atoms with Gasteiger partial charge in [0.05, 0.1) is 0 Å².